The molecule has 0 bridgehead atoms. The number of hydrogen-bond acceptors (Lipinski definition) is 1. The zero-order chi connectivity index (χ0) is 9.84. The number of nitrogens with two attached hydrogens (primary N) is 1. The van der Waals surface area contributed by atoms with E-state index in [1.165, 1.54) is 18.2 Å². The summed E-state index contributed by atoms with van der Waals surface area (Å²) in [7, 11) is 0. The van der Waals surface area contributed by atoms with Crippen LogP contribution in [0.1, 0.15) is 19.8 Å². The van der Waals surface area contributed by atoms with E-state index in [0.29, 0.717) is 18.4 Å². The van der Waals surface area contributed by atoms with E-state index in [9.17, 15) is 8.78 Å². The average molecular weight is 185 g/mol. The van der Waals surface area contributed by atoms with E-state index < -0.39 is 0 Å². The highest BCUT2D eigenvalue weighted by atomic mass is 19.1. The smallest absolute Gasteiger partial charge is 0.122 e. The third-order valence-electron chi connectivity index (χ3n) is 1.77. The van der Waals surface area contributed by atoms with Gasteiger partial charge in [0.2, 0.25) is 0 Å². The summed E-state index contributed by atoms with van der Waals surface area (Å²) in [5, 5.41) is 0. The first kappa shape index (κ1) is 10.1. The van der Waals surface area contributed by atoms with E-state index in [1.807, 2.05) is 0 Å². The second-order valence-electron chi connectivity index (χ2n) is 3.23. The molecule has 72 valence electrons. The second-order valence-corrected chi connectivity index (χ2v) is 3.23. The topological polar surface area (TPSA) is 26.0 Å². The predicted molar refractivity (Wildman–Crippen MR) is 49.3 cm³/mol. The fourth-order valence-corrected chi connectivity index (χ4v) is 1.20. The molecular weight excluding hydrogens is 172 g/mol. The lowest BCUT2D eigenvalue weighted by molar-refractivity contribution is 0.612. The molecule has 0 unspecified atom stereocenters. The van der Waals surface area contributed by atoms with Crippen molar-refractivity contribution in [1.82, 2.24) is 0 Å². The van der Waals surface area contributed by atoms with Crippen molar-refractivity contribution in [1.29, 1.82) is 0 Å². The molecule has 0 saturated heterocycles. The van der Waals surface area contributed by atoms with Crippen molar-refractivity contribution in [2.24, 2.45) is 5.73 Å². The summed E-state index contributed by atoms with van der Waals surface area (Å²) < 4.78 is 26.0. The molecule has 0 aromatic carbocycles. The number of allylic oxidation sites excluding steroid dienone is 5. The molecule has 1 atom stereocenters. The second kappa shape index (κ2) is 4.33. The Morgan fingerprint density at radius 1 is 1.46 bits per heavy atom. The normalized spacial score (nSPS) is 19.8. The van der Waals surface area contributed by atoms with Crippen LogP contribution in [0.5, 0.6) is 0 Å². The van der Waals surface area contributed by atoms with Crippen LogP contribution in [-0.4, -0.2) is 6.04 Å². The first-order valence-electron chi connectivity index (χ1n) is 4.27. The van der Waals surface area contributed by atoms with Crippen LogP contribution in [0, 0.1) is 0 Å². The monoisotopic (exact) mass is 185 g/mol. The highest BCUT2D eigenvalue weighted by Gasteiger charge is 2.10. The van der Waals surface area contributed by atoms with Gasteiger partial charge < -0.3 is 5.73 Å². The van der Waals surface area contributed by atoms with E-state index in [4.69, 9.17) is 5.73 Å². The lowest BCUT2D eigenvalue weighted by Gasteiger charge is -2.06. The summed E-state index contributed by atoms with van der Waals surface area (Å²) >= 11 is 0. The Bertz CT molecular complexity index is 275. The van der Waals surface area contributed by atoms with Gasteiger partial charge in [0.1, 0.15) is 11.7 Å². The van der Waals surface area contributed by atoms with Gasteiger partial charge in [-0.1, -0.05) is 0 Å². The molecule has 1 aliphatic rings. The molecule has 1 nitrogen and oxygen atoms in total. The molecular formula is C10H13F2N. The van der Waals surface area contributed by atoms with Crippen LogP contribution in [0.3, 0.4) is 0 Å². The largest absolute Gasteiger partial charge is 0.328 e. The van der Waals surface area contributed by atoms with E-state index in [-0.39, 0.29) is 17.7 Å². The predicted octanol–water partition coefficient (Wildman–Crippen LogP) is 2.76. The summed E-state index contributed by atoms with van der Waals surface area (Å²) in [6, 6.07) is -0.156. The maximum atomic E-state index is 13.2. The molecule has 0 spiro atoms. The average Bonchev–Trinajstić information content (AvgIpc) is 2.14. The molecule has 0 radical (unpaired) electrons. The van der Waals surface area contributed by atoms with Gasteiger partial charge in [-0.15, -0.1) is 0 Å². The molecule has 0 aromatic rings. The molecule has 0 fully saturated rings. The Labute approximate surface area is 76.6 Å². The molecule has 0 amide bonds. The van der Waals surface area contributed by atoms with Crippen LogP contribution in [0.25, 0.3) is 0 Å². The first-order valence-corrected chi connectivity index (χ1v) is 4.27. The van der Waals surface area contributed by atoms with E-state index in [2.05, 4.69) is 0 Å². The highest BCUT2D eigenvalue weighted by Crippen LogP contribution is 2.23. The van der Waals surface area contributed by atoms with Gasteiger partial charge in [-0.05, 0) is 43.6 Å². The highest BCUT2D eigenvalue weighted by molar-refractivity contribution is 5.35. The zero-order valence-electron chi connectivity index (χ0n) is 7.56. The van der Waals surface area contributed by atoms with Crippen molar-refractivity contribution in [3.05, 3.63) is 35.5 Å². The summed E-state index contributed by atoms with van der Waals surface area (Å²) in [5.74, 6) is -0.749. The third-order valence-corrected chi connectivity index (χ3v) is 1.77. The van der Waals surface area contributed by atoms with Crippen LogP contribution < -0.4 is 5.73 Å². The number of halogens is 2. The van der Waals surface area contributed by atoms with E-state index in [0.717, 1.165) is 0 Å². The van der Waals surface area contributed by atoms with Crippen molar-refractivity contribution in [2.75, 3.05) is 0 Å². The van der Waals surface area contributed by atoms with Crippen LogP contribution in [0.15, 0.2) is 35.5 Å². The van der Waals surface area contributed by atoms with Gasteiger partial charge in [-0.2, -0.15) is 0 Å². The van der Waals surface area contributed by atoms with Crippen LogP contribution in [0.2, 0.25) is 0 Å². The summed E-state index contributed by atoms with van der Waals surface area (Å²) in [6.45, 7) is 1.76. The van der Waals surface area contributed by atoms with Gasteiger partial charge in [0.15, 0.2) is 0 Å². The number of hydrogen-bond donors (Lipinski definition) is 1. The maximum absolute atomic E-state index is 13.2. The first-order chi connectivity index (χ1) is 6.09. The Balaban J connectivity index is 2.83. The molecule has 13 heavy (non-hydrogen) atoms. The molecule has 0 aliphatic heterocycles. The fraction of sp³-hybridized carbons (Fsp3) is 0.400. The van der Waals surface area contributed by atoms with Crippen LogP contribution in [-0.2, 0) is 0 Å². The van der Waals surface area contributed by atoms with E-state index in [1.54, 1.807) is 6.92 Å². The van der Waals surface area contributed by atoms with Gasteiger partial charge in [0, 0.05) is 6.04 Å². The molecule has 2 N–H and O–H groups in total. The Hall–Kier alpha value is -0.960. The molecule has 0 aromatic heterocycles. The Morgan fingerprint density at radius 3 is 2.77 bits per heavy atom. The lowest BCUT2D eigenvalue weighted by Crippen LogP contribution is -2.15. The minimum Gasteiger partial charge on any atom is -0.328 e. The van der Waals surface area contributed by atoms with Crippen molar-refractivity contribution < 1.29 is 8.78 Å². The molecule has 0 saturated carbocycles. The lowest BCUT2D eigenvalue weighted by atomic mass is 10.1. The van der Waals surface area contributed by atoms with Crippen molar-refractivity contribution in [3.63, 3.8) is 0 Å². The van der Waals surface area contributed by atoms with Gasteiger partial charge >= 0.3 is 0 Å². The fourth-order valence-electron chi connectivity index (χ4n) is 1.20. The van der Waals surface area contributed by atoms with Crippen molar-refractivity contribution in [2.45, 2.75) is 25.8 Å². The minimum absolute atomic E-state index is 0.156. The SMILES string of the molecule is C[C@H](N)CC1=CC(F)=CCC=C1F. The van der Waals surface area contributed by atoms with Crippen molar-refractivity contribution in [3.8, 4) is 0 Å². The van der Waals surface area contributed by atoms with Crippen molar-refractivity contribution >= 4 is 0 Å². The molecule has 3 heteroatoms. The quantitative estimate of drug-likeness (QED) is 0.703. The molecule has 1 aliphatic carbocycles. The van der Waals surface area contributed by atoms with Gasteiger partial charge in [-0.3, -0.25) is 0 Å². The zero-order valence-corrected chi connectivity index (χ0v) is 7.56. The summed E-state index contributed by atoms with van der Waals surface area (Å²) in [6.07, 6.45) is 4.58. The van der Waals surface area contributed by atoms with Crippen LogP contribution >= 0.6 is 0 Å². The van der Waals surface area contributed by atoms with Crippen LogP contribution in [0.4, 0.5) is 8.78 Å². The molecule has 1 rings (SSSR count). The van der Waals surface area contributed by atoms with E-state index >= 15 is 0 Å². The Morgan fingerprint density at radius 2 is 2.15 bits per heavy atom. The minimum atomic E-state index is -0.389. The Kier molecular flexibility index (Phi) is 3.37. The molecule has 0 heterocycles. The van der Waals surface area contributed by atoms with Gasteiger partial charge in [0.05, 0.1) is 0 Å². The summed E-state index contributed by atoms with van der Waals surface area (Å²) in [4.78, 5) is 0. The standard InChI is InChI=1S/C10H13F2N/c1-7(13)5-8-6-9(11)3-2-4-10(8)12/h3-4,6-7H,2,5,13H2,1H3/t7-/m0/s1. The third kappa shape index (κ3) is 3.11. The summed E-state index contributed by atoms with van der Waals surface area (Å²) in [5.41, 5.74) is 5.85. The number of rotatable bonds is 2. The van der Waals surface area contributed by atoms with Gasteiger partial charge in [-0.25, -0.2) is 8.78 Å². The van der Waals surface area contributed by atoms with Gasteiger partial charge in [0.25, 0.3) is 0 Å². The maximum Gasteiger partial charge on any atom is 0.122 e.